The lowest BCUT2D eigenvalue weighted by molar-refractivity contribution is 0.329. The molecule has 0 unspecified atom stereocenters. The second-order valence-electron chi connectivity index (χ2n) is 5.59. The maximum Gasteiger partial charge on any atom is 0.253 e. The summed E-state index contributed by atoms with van der Waals surface area (Å²) in [7, 11) is -3.58. The monoisotopic (exact) mass is 417 g/mol. The van der Waals surface area contributed by atoms with E-state index in [1.165, 1.54) is 23.5 Å². The molecule has 0 N–H and O–H groups in total. The summed E-state index contributed by atoms with van der Waals surface area (Å²) in [5, 5.41) is 0. The second kappa shape index (κ2) is 7.01. The summed E-state index contributed by atoms with van der Waals surface area (Å²) in [4.78, 5) is 0. The lowest BCUT2D eigenvalue weighted by Gasteiger charge is -2.29. The van der Waals surface area contributed by atoms with Gasteiger partial charge in [-0.15, -0.1) is 11.3 Å². The zero-order valence-electron chi connectivity index (χ0n) is 12.4. The fourth-order valence-electron chi connectivity index (χ4n) is 2.97. The van der Waals surface area contributed by atoms with Crippen molar-refractivity contribution in [1.82, 2.24) is 4.31 Å². The smallest absolute Gasteiger partial charge is 0.207 e. The number of hydrogen-bond acceptors (Lipinski definition) is 3. The quantitative estimate of drug-likeness (QED) is 0.707. The molecule has 1 fully saturated rings. The van der Waals surface area contributed by atoms with E-state index in [0.717, 1.165) is 35.0 Å². The lowest BCUT2D eigenvalue weighted by atomic mass is 10.0. The fraction of sp³-hybridized carbons (Fsp3) is 0.375. The van der Waals surface area contributed by atoms with E-state index < -0.39 is 10.0 Å². The van der Waals surface area contributed by atoms with Crippen LogP contribution >= 0.6 is 27.3 Å². The van der Waals surface area contributed by atoms with E-state index in [4.69, 9.17) is 0 Å². The first-order valence-electron chi connectivity index (χ1n) is 7.51. The van der Waals surface area contributed by atoms with Gasteiger partial charge in [-0.05, 0) is 58.6 Å². The van der Waals surface area contributed by atoms with E-state index >= 15 is 0 Å². The van der Waals surface area contributed by atoms with Crippen LogP contribution in [0.2, 0.25) is 0 Å². The van der Waals surface area contributed by atoms with Crippen LogP contribution in [0.5, 0.6) is 0 Å². The van der Waals surface area contributed by atoms with Crippen molar-refractivity contribution < 1.29 is 12.8 Å². The molecule has 1 saturated heterocycles. The molecule has 1 atom stereocenters. The molecule has 1 aliphatic rings. The van der Waals surface area contributed by atoms with E-state index in [-0.39, 0.29) is 11.9 Å². The molecule has 1 aromatic carbocycles. The van der Waals surface area contributed by atoms with Gasteiger partial charge in [0, 0.05) is 6.54 Å². The number of nitrogens with zero attached hydrogens (tertiary/aromatic N) is 1. The predicted octanol–water partition coefficient (Wildman–Crippen LogP) is 4.96. The van der Waals surface area contributed by atoms with Gasteiger partial charge in [-0.1, -0.05) is 25.0 Å². The van der Waals surface area contributed by atoms with Crippen molar-refractivity contribution >= 4 is 37.3 Å². The Labute approximate surface area is 148 Å². The average Bonchev–Trinajstić information content (AvgIpc) is 2.81. The van der Waals surface area contributed by atoms with E-state index in [2.05, 4.69) is 15.9 Å². The first-order valence-corrected chi connectivity index (χ1v) is 10.6. The normalized spacial score (nSPS) is 20.3. The van der Waals surface area contributed by atoms with Gasteiger partial charge in [0.15, 0.2) is 0 Å². The molecule has 0 bridgehead atoms. The Morgan fingerprint density at radius 1 is 1.17 bits per heavy atom. The molecule has 23 heavy (non-hydrogen) atoms. The zero-order chi connectivity index (χ0) is 16.4. The SMILES string of the molecule is O=S(=O)(c1ccc(Br)s1)N1CCCCC[C@H]1c1cccc(F)c1. The maximum absolute atomic E-state index is 13.6. The van der Waals surface area contributed by atoms with Gasteiger partial charge >= 0.3 is 0 Å². The first kappa shape index (κ1) is 17.1. The summed E-state index contributed by atoms with van der Waals surface area (Å²) in [6.07, 6.45) is 3.49. The van der Waals surface area contributed by atoms with Gasteiger partial charge in [0.2, 0.25) is 0 Å². The third-order valence-electron chi connectivity index (χ3n) is 4.05. The van der Waals surface area contributed by atoms with Crippen molar-refractivity contribution in [3.63, 3.8) is 0 Å². The standard InChI is InChI=1S/C16H17BrFNO2S2/c17-15-8-9-16(22-15)23(20,21)19-10-3-1-2-7-14(19)12-5-4-6-13(18)11-12/h4-6,8-9,11,14H,1-3,7,10H2/t14-/m0/s1. The average molecular weight is 418 g/mol. The van der Waals surface area contributed by atoms with E-state index in [0.29, 0.717) is 10.8 Å². The number of sulfonamides is 1. The number of rotatable bonds is 3. The van der Waals surface area contributed by atoms with Gasteiger partial charge in [-0.25, -0.2) is 12.8 Å². The molecule has 3 rings (SSSR count). The second-order valence-corrected chi connectivity index (χ2v) is 10.2. The van der Waals surface area contributed by atoms with Crippen LogP contribution in [-0.2, 0) is 10.0 Å². The minimum atomic E-state index is -3.58. The molecule has 0 saturated carbocycles. The molecule has 2 aromatic rings. The summed E-state index contributed by atoms with van der Waals surface area (Å²) in [6, 6.07) is 9.34. The van der Waals surface area contributed by atoms with Crippen molar-refractivity contribution in [2.24, 2.45) is 0 Å². The van der Waals surface area contributed by atoms with Crippen LogP contribution in [0.15, 0.2) is 44.4 Å². The highest BCUT2D eigenvalue weighted by atomic mass is 79.9. The maximum atomic E-state index is 13.6. The minimum absolute atomic E-state index is 0.306. The lowest BCUT2D eigenvalue weighted by Crippen LogP contribution is -2.34. The van der Waals surface area contributed by atoms with Crippen molar-refractivity contribution in [2.45, 2.75) is 35.9 Å². The molecule has 1 aromatic heterocycles. The number of thiophene rings is 1. The Bertz CT molecular complexity index is 791. The fourth-order valence-corrected chi connectivity index (χ4v) is 6.79. The van der Waals surface area contributed by atoms with Crippen LogP contribution in [0.1, 0.15) is 37.3 Å². The third-order valence-corrected chi connectivity index (χ3v) is 8.05. The molecule has 7 heteroatoms. The van der Waals surface area contributed by atoms with Crippen LogP contribution in [0.4, 0.5) is 4.39 Å². The molecule has 3 nitrogen and oxygen atoms in total. The van der Waals surface area contributed by atoms with Crippen LogP contribution in [0.3, 0.4) is 0 Å². The van der Waals surface area contributed by atoms with Crippen LogP contribution in [0, 0.1) is 5.82 Å². The third kappa shape index (κ3) is 3.68. The Balaban J connectivity index is 2.02. The van der Waals surface area contributed by atoms with Crippen molar-refractivity contribution in [2.75, 3.05) is 6.54 Å². The Kier molecular flexibility index (Phi) is 5.20. The van der Waals surface area contributed by atoms with Crippen molar-refractivity contribution in [3.8, 4) is 0 Å². The summed E-state index contributed by atoms with van der Waals surface area (Å²) >= 11 is 4.53. The van der Waals surface area contributed by atoms with E-state index in [9.17, 15) is 12.8 Å². The highest BCUT2D eigenvalue weighted by molar-refractivity contribution is 9.11. The molecule has 2 heterocycles. The summed E-state index contributed by atoms with van der Waals surface area (Å²) in [5.41, 5.74) is 0.728. The Morgan fingerprint density at radius 3 is 2.70 bits per heavy atom. The van der Waals surface area contributed by atoms with Gasteiger partial charge in [0.05, 0.1) is 9.83 Å². The molecule has 124 valence electrons. The predicted molar refractivity (Wildman–Crippen MR) is 93.5 cm³/mol. The number of halogens is 2. The molecule has 0 amide bonds. The van der Waals surface area contributed by atoms with E-state index in [1.54, 1.807) is 22.5 Å². The summed E-state index contributed by atoms with van der Waals surface area (Å²) in [6.45, 7) is 0.471. The molecule has 1 aliphatic heterocycles. The Morgan fingerprint density at radius 2 is 2.00 bits per heavy atom. The number of hydrogen-bond donors (Lipinski definition) is 0. The highest BCUT2D eigenvalue weighted by Gasteiger charge is 2.34. The first-order chi connectivity index (χ1) is 11.0. The van der Waals surface area contributed by atoms with Crippen LogP contribution in [-0.4, -0.2) is 19.3 Å². The van der Waals surface area contributed by atoms with Gasteiger partial charge in [-0.3, -0.25) is 0 Å². The molecule has 0 aliphatic carbocycles. The molecule has 0 spiro atoms. The van der Waals surface area contributed by atoms with E-state index in [1.807, 2.05) is 6.07 Å². The minimum Gasteiger partial charge on any atom is -0.207 e. The van der Waals surface area contributed by atoms with Gasteiger partial charge in [0.1, 0.15) is 10.0 Å². The molecule has 0 radical (unpaired) electrons. The van der Waals surface area contributed by atoms with Crippen molar-refractivity contribution in [3.05, 3.63) is 51.6 Å². The van der Waals surface area contributed by atoms with Gasteiger partial charge < -0.3 is 0 Å². The van der Waals surface area contributed by atoms with Crippen LogP contribution < -0.4 is 0 Å². The molecular formula is C16H17BrFNO2S2. The van der Waals surface area contributed by atoms with Crippen molar-refractivity contribution in [1.29, 1.82) is 0 Å². The topological polar surface area (TPSA) is 37.4 Å². The number of benzene rings is 1. The summed E-state index contributed by atoms with van der Waals surface area (Å²) in [5.74, 6) is -0.331. The molecular weight excluding hydrogens is 401 g/mol. The largest absolute Gasteiger partial charge is 0.253 e. The summed E-state index contributed by atoms with van der Waals surface area (Å²) < 4.78 is 42.3. The van der Waals surface area contributed by atoms with Gasteiger partial charge in [0.25, 0.3) is 10.0 Å². The zero-order valence-corrected chi connectivity index (χ0v) is 15.6. The van der Waals surface area contributed by atoms with Gasteiger partial charge in [-0.2, -0.15) is 4.31 Å². The van der Waals surface area contributed by atoms with Crippen LogP contribution in [0.25, 0.3) is 0 Å². The highest BCUT2D eigenvalue weighted by Crippen LogP contribution is 2.37. The Hall–Kier alpha value is -0.760.